The van der Waals surface area contributed by atoms with Crippen LogP contribution in [-0.2, 0) is 0 Å². The Kier molecular flexibility index (Phi) is 2.19. The van der Waals surface area contributed by atoms with Crippen molar-refractivity contribution in [2.24, 2.45) is 5.10 Å². The number of allylic oxidation sites excluding steroid dienone is 1. The van der Waals surface area contributed by atoms with Gasteiger partial charge >= 0.3 is 0 Å². The summed E-state index contributed by atoms with van der Waals surface area (Å²) in [4.78, 5) is 0. The van der Waals surface area contributed by atoms with Gasteiger partial charge in [0, 0.05) is 18.0 Å². The minimum Gasteiger partial charge on any atom is -0.204 e. The van der Waals surface area contributed by atoms with Crippen LogP contribution in [0.2, 0.25) is 0 Å². The van der Waals surface area contributed by atoms with Crippen LogP contribution in [0.1, 0.15) is 0 Å². The van der Waals surface area contributed by atoms with Gasteiger partial charge in [0.15, 0.2) is 0 Å². The first-order valence-corrected chi connectivity index (χ1v) is 3.21. The Hall–Kier alpha value is -0.410. The fraction of sp³-hybridized carbons (Fsp3) is 0.250. The van der Waals surface area contributed by atoms with E-state index < -0.39 is 0 Å². The Morgan fingerprint density at radius 2 is 2.56 bits per heavy atom. The van der Waals surface area contributed by atoms with E-state index in [2.05, 4.69) is 10.6 Å². The van der Waals surface area contributed by atoms with Gasteiger partial charge in [-0.05, 0) is 6.08 Å². The van der Waals surface area contributed by atoms with Gasteiger partial charge < -0.3 is 0 Å². The molecule has 1 aliphatic rings. The molecule has 1 heterocycles. The molecule has 0 aromatic heterocycles. The summed E-state index contributed by atoms with van der Waals surface area (Å²) in [5, 5.41) is 3.77. The average molecular weight is 166 g/mol. The molecule has 0 spiro atoms. The Bertz CT molecular complexity index is 154. The molecule has 0 aromatic rings. The molecule has 1 N–H and O–H groups in total. The molecule has 0 bridgehead atoms. The molecule has 1 rings (SSSR count). The van der Waals surface area contributed by atoms with Crippen molar-refractivity contribution in [3.8, 4) is 0 Å². The molecule has 0 atom stereocenters. The van der Waals surface area contributed by atoms with Crippen LogP contribution in [0.4, 0.5) is 0 Å². The molecular weight excluding hydrogens is 161 g/mol. The predicted molar refractivity (Wildman–Crippen MR) is 38.1 cm³/mol. The highest BCUT2D eigenvalue weighted by molar-refractivity contribution is 6.30. The molecule has 1 aliphatic heterocycles. The van der Waals surface area contributed by atoms with Crippen molar-refractivity contribution in [3.05, 3.63) is 12.3 Å². The molecule has 0 fully saturated rings. The standard InChI is InChI=1S/C4H5Cl2N3/c5-3-4-1-2-9(6)8-7-4/h1-2,8H,3H2. The lowest BCUT2D eigenvalue weighted by atomic mass is 10.4. The lowest BCUT2D eigenvalue weighted by molar-refractivity contribution is 0.449. The summed E-state index contributed by atoms with van der Waals surface area (Å²) in [5.74, 6) is 0.397. The minimum atomic E-state index is 0.397. The highest BCUT2D eigenvalue weighted by atomic mass is 35.5. The predicted octanol–water partition coefficient (Wildman–Crippen LogP) is 1.07. The molecule has 0 aromatic carbocycles. The van der Waals surface area contributed by atoms with Crippen molar-refractivity contribution in [1.82, 2.24) is 10.1 Å². The summed E-state index contributed by atoms with van der Waals surface area (Å²) in [5.41, 5.74) is 3.27. The van der Waals surface area contributed by atoms with Gasteiger partial charge in [-0.3, -0.25) is 0 Å². The highest BCUT2D eigenvalue weighted by Crippen LogP contribution is 1.97. The lowest BCUT2D eigenvalue weighted by Crippen LogP contribution is -2.24. The van der Waals surface area contributed by atoms with Crippen molar-refractivity contribution in [3.63, 3.8) is 0 Å². The Labute approximate surface area is 63.0 Å². The van der Waals surface area contributed by atoms with E-state index in [0.29, 0.717) is 5.88 Å². The summed E-state index contributed by atoms with van der Waals surface area (Å²) < 4.78 is 1.22. The number of alkyl halides is 1. The van der Waals surface area contributed by atoms with Crippen LogP contribution in [0.25, 0.3) is 0 Å². The highest BCUT2D eigenvalue weighted by Gasteiger charge is 1.99. The fourth-order valence-corrected chi connectivity index (χ4v) is 0.651. The maximum absolute atomic E-state index is 5.44. The van der Waals surface area contributed by atoms with E-state index in [1.807, 2.05) is 0 Å². The van der Waals surface area contributed by atoms with Gasteiger partial charge in [-0.1, -0.05) is 0 Å². The van der Waals surface area contributed by atoms with Crippen LogP contribution >= 0.6 is 23.4 Å². The number of nitrogens with one attached hydrogen (secondary N) is 1. The van der Waals surface area contributed by atoms with Crippen molar-refractivity contribution >= 4 is 29.1 Å². The van der Waals surface area contributed by atoms with Crippen molar-refractivity contribution in [2.45, 2.75) is 0 Å². The third-order valence-electron chi connectivity index (χ3n) is 0.824. The van der Waals surface area contributed by atoms with Gasteiger partial charge in [-0.15, -0.1) is 11.6 Å². The van der Waals surface area contributed by atoms with Crippen LogP contribution < -0.4 is 5.53 Å². The normalized spacial score (nSPS) is 17.1. The van der Waals surface area contributed by atoms with E-state index >= 15 is 0 Å². The first-order chi connectivity index (χ1) is 4.33. The zero-order valence-electron chi connectivity index (χ0n) is 4.51. The maximum atomic E-state index is 5.44. The summed E-state index contributed by atoms with van der Waals surface area (Å²) >= 11 is 10.9. The maximum Gasteiger partial charge on any atom is 0.0786 e. The lowest BCUT2D eigenvalue weighted by Gasteiger charge is -2.12. The molecule has 0 saturated carbocycles. The molecule has 0 amide bonds. The molecule has 5 heteroatoms. The van der Waals surface area contributed by atoms with Gasteiger partial charge in [-0.25, -0.2) is 5.53 Å². The van der Waals surface area contributed by atoms with E-state index in [4.69, 9.17) is 23.4 Å². The van der Waals surface area contributed by atoms with Gasteiger partial charge in [0.25, 0.3) is 0 Å². The van der Waals surface area contributed by atoms with E-state index in [1.54, 1.807) is 12.3 Å². The second-order valence-corrected chi connectivity index (χ2v) is 2.10. The minimum absolute atomic E-state index is 0.397. The second-order valence-electron chi connectivity index (χ2n) is 1.46. The first kappa shape index (κ1) is 6.71. The summed E-state index contributed by atoms with van der Waals surface area (Å²) in [7, 11) is 0. The number of hydrazine groups is 1. The second kappa shape index (κ2) is 2.94. The molecule has 0 radical (unpaired) electrons. The van der Waals surface area contributed by atoms with Crippen LogP contribution in [0.5, 0.6) is 0 Å². The van der Waals surface area contributed by atoms with E-state index in [1.165, 1.54) is 4.53 Å². The number of rotatable bonds is 1. The SMILES string of the molecule is ClCC1=NNN(Cl)C=C1. The molecule has 3 nitrogen and oxygen atoms in total. The molecule has 9 heavy (non-hydrogen) atoms. The average Bonchev–Trinajstić information content (AvgIpc) is 1.90. The van der Waals surface area contributed by atoms with Crippen molar-refractivity contribution < 1.29 is 0 Å². The third kappa shape index (κ3) is 1.77. The van der Waals surface area contributed by atoms with Gasteiger partial charge in [0.05, 0.1) is 11.6 Å². The zero-order chi connectivity index (χ0) is 6.69. The smallest absolute Gasteiger partial charge is 0.0786 e. The Morgan fingerprint density at radius 1 is 1.78 bits per heavy atom. The van der Waals surface area contributed by atoms with Crippen molar-refractivity contribution in [1.29, 1.82) is 0 Å². The van der Waals surface area contributed by atoms with Crippen LogP contribution in [0.3, 0.4) is 0 Å². The number of halogens is 2. The number of nitrogens with zero attached hydrogens (tertiary/aromatic N) is 2. The molecule has 0 unspecified atom stereocenters. The van der Waals surface area contributed by atoms with E-state index in [-0.39, 0.29) is 0 Å². The topological polar surface area (TPSA) is 27.6 Å². The number of hydrogen-bond donors (Lipinski definition) is 1. The summed E-state index contributed by atoms with van der Waals surface area (Å²) in [6.07, 6.45) is 3.36. The van der Waals surface area contributed by atoms with Crippen molar-refractivity contribution in [2.75, 3.05) is 5.88 Å². The first-order valence-electron chi connectivity index (χ1n) is 2.34. The third-order valence-corrected chi connectivity index (χ3v) is 1.29. The monoisotopic (exact) mass is 165 g/mol. The molecular formula is C4H5Cl2N3. The van der Waals surface area contributed by atoms with E-state index in [0.717, 1.165) is 5.71 Å². The van der Waals surface area contributed by atoms with Crippen LogP contribution in [0.15, 0.2) is 17.4 Å². The number of hydrogen-bond acceptors (Lipinski definition) is 3. The zero-order valence-corrected chi connectivity index (χ0v) is 6.02. The van der Waals surface area contributed by atoms with Crippen LogP contribution in [0, 0.1) is 0 Å². The quantitative estimate of drug-likeness (QED) is 0.466. The molecule has 0 saturated heterocycles. The van der Waals surface area contributed by atoms with Gasteiger partial charge in [0.1, 0.15) is 0 Å². The summed E-state index contributed by atoms with van der Waals surface area (Å²) in [6.45, 7) is 0. The summed E-state index contributed by atoms with van der Waals surface area (Å²) in [6, 6.07) is 0. The largest absolute Gasteiger partial charge is 0.204 e. The van der Waals surface area contributed by atoms with Gasteiger partial charge in [0.2, 0.25) is 0 Å². The molecule has 50 valence electrons. The Morgan fingerprint density at radius 3 is 3.00 bits per heavy atom. The molecule has 0 aliphatic carbocycles. The van der Waals surface area contributed by atoms with Crippen LogP contribution in [-0.4, -0.2) is 16.1 Å². The Balaban J connectivity index is 2.52. The number of hydrazone groups is 1. The van der Waals surface area contributed by atoms with E-state index in [9.17, 15) is 0 Å². The fourth-order valence-electron chi connectivity index (χ4n) is 0.408. The van der Waals surface area contributed by atoms with Gasteiger partial charge in [-0.2, -0.15) is 9.63 Å².